The molecule has 118 valence electrons. The van der Waals surface area contributed by atoms with Gasteiger partial charge in [-0.15, -0.1) is 0 Å². The Morgan fingerprint density at radius 3 is 2.76 bits per heavy atom. The molecule has 2 rings (SSSR count). The maximum absolute atomic E-state index is 12.0. The first-order chi connectivity index (χ1) is 10.1. The van der Waals surface area contributed by atoms with E-state index < -0.39 is 10.0 Å². The van der Waals surface area contributed by atoms with E-state index in [0.717, 1.165) is 37.5 Å². The zero-order valence-electron chi connectivity index (χ0n) is 12.8. The second-order valence-corrected chi connectivity index (χ2v) is 7.85. The molecule has 0 aliphatic carbocycles. The molecule has 0 unspecified atom stereocenters. The van der Waals surface area contributed by atoms with E-state index in [-0.39, 0.29) is 5.75 Å². The number of likely N-dealkylation sites (tertiary alicyclic amines) is 1. The number of nitrogens with zero attached hydrogens (tertiary/aromatic N) is 1. The molecule has 0 bridgehead atoms. The van der Waals surface area contributed by atoms with Gasteiger partial charge in [0.05, 0.1) is 5.75 Å². The van der Waals surface area contributed by atoms with Crippen LogP contribution in [0.15, 0.2) is 30.3 Å². The fourth-order valence-electron chi connectivity index (χ4n) is 2.86. The van der Waals surface area contributed by atoms with Crippen LogP contribution in [0.25, 0.3) is 0 Å². The molecular weight excluding hydrogens is 284 g/mol. The highest BCUT2D eigenvalue weighted by Crippen LogP contribution is 2.15. The Labute approximate surface area is 128 Å². The molecule has 0 spiro atoms. The third-order valence-corrected chi connectivity index (χ3v) is 5.27. The van der Waals surface area contributed by atoms with Gasteiger partial charge in [-0.05, 0) is 43.8 Å². The molecular formula is C16H26N2O2S. The minimum Gasteiger partial charge on any atom is -0.303 e. The van der Waals surface area contributed by atoms with Crippen molar-refractivity contribution in [3.63, 3.8) is 0 Å². The molecule has 0 saturated carbocycles. The molecule has 0 aromatic heterocycles. The van der Waals surface area contributed by atoms with E-state index in [1.54, 1.807) is 0 Å². The van der Waals surface area contributed by atoms with Crippen LogP contribution in [0.2, 0.25) is 0 Å². The Bertz CT molecular complexity index is 516. The smallest absolute Gasteiger partial charge is 0.215 e. The summed E-state index contributed by atoms with van der Waals surface area (Å²) in [6.07, 6.45) is 3.46. The van der Waals surface area contributed by atoms with Gasteiger partial charge >= 0.3 is 0 Å². The lowest BCUT2D eigenvalue weighted by Gasteiger charge is -2.30. The van der Waals surface area contributed by atoms with Crippen LogP contribution in [0.5, 0.6) is 0 Å². The molecule has 5 heteroatoms. The second-order valence-electron chi connectivity index (χ2n) is 6.04. The molecule has 1 aromatic carbocycles. The Kier molecular flexibility index (Phi) is 6.21. The fraction of sp³-hybridized carbons (Fsp3) is 0.625. The van der Waals surface area contributed by atoms with Crippen LogP contribution in [0.4, 0.5) is 0 Å². The molecule has 1 aliphatic rings. The normalized spacial score (nSPS) is 20.5. The van der Waals surface area contributed by atoms with Crippen LogP contribution in [-0.2, 0) is 15.8 Å². The quantitative estimate of drug-likeness (QED) is 0.786. The van der Waals surface area contributed by atoms with Crippen LogP contribution in [0, 0.1) is 5.92 Å². The van der Waals surface area contributed by atoms with Gasteiger partial charge in [0, 0.05) is 13.1 Å². The molecule has 1 heterocycles. The molecule has 1 fully saturated rings. The van der Waals surface area contributed by atoms with Gasteiger partial charge in [0.1, 0.15) is 0 Å². The average molecular weight is 310 g/mol. The average Bonchev–Trinajstić information content (AvgIpc) is 2.44. The SMILES string of the molecule is C[C@H]1CCCN(CCCNS(=O)(=O)Cc2ccccc2)C1. The van der Waals surface area contributed by atoms with Crippen molar-refractivity contribution in [2.45, 2.75) is 31.9 Å². The lowest BCUT2D eigenvalue weighted by molar-refractivity contribution is 0.182. The molecule has 1 atom stereocenters. The van der Waals surface area contributed by atoms with E-state index in [1.165, 1.54) is 12.8 Å². The molecule has 21 heavy (non-hydrogen) atoms. The van der Waals surface area contributed by atoms with E-state index in [2.05, 4.69) is 16.5 Å². The summed E-state index contributed by atoms with van der Waals surface area (Å²) >= 11 is 0. The van der Waals surface area contributed by atoms with Crippen LogP contribution < -0.4 is 4.72 Å². The Morgan fingerprint density at radius 1 is 1.29 bits per heavy atom. The number of rotatable bonds is 7. The number of benzene rings is 1. The van der Waals surface area contributed by atoms with Crippen molar-refractivity contribution >= 4 is 10.0 Å². The summed E-state index contributed by atoms with van der Waals surface area (Å²) in [7, 11) is -3.22. The van der Waals surface area contributed by atoms with Crippen molar-refractivity contribution in [3.05, 3.63) is 35.9 Å². The van der Waals surface area contributed by atoms with Crippen molar-refractivity contribution < 1.29 is 8.42 Å². The van der Waals surface area contributed by atoms with Crippen LogP contribution in [0.3, 0.4) is 0 Å². The molecule has 4 nitrogen and oxygen atoms in total. The monoisotopic (exact) mass is 310 g/mol. The minimum atomic E-state index is -3.22. The zero-order chi connectivity index (χ0) is 15.1. The Hall–Kier alpha value is -0.910. The number of piperidine rings is 1. The van der Waals surface area contributed by atoms with Gasteiger partial charge in [-0.1, -0.05) is 37.3 Å². The van der Waals surface area contributed by atoms with Gasteiger partial charge in [-0.2, -0.15) is 0 Å². The molecule has 0 amide bonds. The third kappa shape index (κ3) is 6.16. The van der Waals surface area contributed by atoms with Gasteiger partial charge in [0.2, 0.25) is 10.0 Å². The summed E-state index contributed by atoms with van der Waals surface area (Å²) in [5.74, 6) is 0.836. The number of sulfonamides is 1. The summed E-state index contributed by atoms with van der Waals surface area (Å²) in [5, 5.41) is 0. The van der Waals surface area contributed by atoms with Crippen LogP contribution in [0.1, 0.15) is 31.7 Å². The summed E-state index contributed by atoms with van der Waals surface area (Å²) in [6, 6.07) is 9.30. The third-order valence-electron chi connectivity index (χ3n) is 3.91. The lowest BCUT2D eigenvalue weighted by Crippen LogP contribution is -2.36. The van der Waals surface area contributed by atoms with Crippen molar-refractivity contribution in [2.24, 2.45) is 5.92 Å². The highest BCUT2D eigenvalue weighted by molar-refractivity contribution is 7.88. The highest BCUT2D eigenvalue weighted by atomic mass is 32.2. The van der Waals surface area contributed by atoms with E-state index in [9.17, 15) is 8.42 Å². The molecule has 1 aliphatic heterocycles. The van der Waals surface area contributed by atoms with Crippen molar-refractivity contribution in [1.82, 2.24) is 9.62 Å². The van der Waals surface area contributed by atoms with Gasteiger partial charge < -0.3 is 4.90 Å². The molecule has 1 N–H and O–H groups in total. The van der Waals surface area contributed by atoms with Gasteiger partial charge in [-0.25, -0.2) is 13.1 Å². The summed E-state index contributed by atoms with van der Waals surface area (Å²) < 4.78 is 26.7. The largest absolute Gasteiger partial charge is 0.303 e. The van der Waals surface area contributed by atoms with Gasteiger partial charge in [0.25, 0.3) is 0 Å². The van der Waals surface area contributed by atoms with E-state index in [1.807, 2.05) is 30.3 Å². The Balaban J connectivity index is 1.67. The van der Waals surface area contributed by atoms with Crippen molar-refractivity contribution in [3.8, 4) is 0 Å². The first kappa shape index (κ1) is 16.5. The maximum Gasteiger partial charge on any atom is 0.215 e. The topological polar surface area (TPSA) is 49.4 Å². The first-order valence-corrected chi connectivity index (χ1v) is 9.44. The predicted molar refractivity (Wildman–Crippen MR) is 86.5 cm³/mol. The lowest BCUT2D eigenvalue weighted by atomic mass is 10.0. The second kappa shape index (κ2) is 7.92. The summed E-state index contributed by atoms with van der Waals surface area (Å²) in [5.41, 5.74) is 0.829. The predicted octanol–water partition coefficient (Wildman–Crippen LogP) is 2.23. The van der Waals surface area contributed by atoms with E-state index in [0.29, 0.717) is 6.54 Å². The molecule has 1 saturated heterocycles. The molecule has 1 aromatic rings. The summed E-state index contributed by atoms with van der Waals surface area (Å²) in [6.45, 7) is 6.10. The van der Waals surface area contributed by atoms with Crippen molar-refractivity contribution in [2.75, 3.05) is 26.2 Å². The first-order valence-electron chi connectivity index (χ1n) is 7.79. The standard InChI is InChI=1S/C16H26N2O2S/c1-15-7-5-11-18(13-15)12-6-10-17-21(19,20)14-16-8-3-2-4-9-16/h2-4,8-9,15,17H,5-7,10-14H2,1H3/t15-/m0/s1. The number of hydrogen-bond donors (Lipinski definition) is 1. The van der Waals surface area contributed by atoms with Crippen LogP contribution >= 0.6 is 0 Å². The number of nitrogens with one attached hydrogen (secondary N) is 1. The summed E-state index contributed by atoms with van der Waals surface area (Å²) in [4.78, 5) is 2.44. The minimum absolute atomic E-state index is 0.0641. The zero-order valence-corrected chi connectivity index (χ0v) is 13.6. The van der Waals surface area contributed by atoms with Gasteiger partial charge in [0.15, 0.2) is 0 Å². The van der Waals surface area contributed by atoms with Crippen LogP contribution in [-0.4, -0.2) is 39.5 Å². The van der Waals surface area contributed by atoms with E-state index >= 15 is 0 Å². The van der Waals surface area contributed by atoms with Crippen molar-refractivity contribution in [1.29, 1.82) is 0 Å². The number of hydrogen-bond acceptors (Lipinski definition) is 3. The Morgan fingerprint density at radius 2 is 2.05 bits per heavy atom. The molecule has 0 radical (unpaired) electrons. The van der Waals surface area contributed by atoms with Gasteiger partial charge in [-0.3, -0.25) is 0 Å². The highest BCUT2D eigenvalue weighted by Gasteiger charge is 2.16. The van der Waals surface area contributed by atoms with E-state index in [4.69, 9.17) is 0 Å². The fourth-order valence-corrected chi connectivity index (χ4v) is 4.05. The maximum atomic E-state index is 12.0.